The Morgan fingerprint density at radius 3 is 2.50 bits per heavy atom. The average Bonchev–Trinajstić information content (AvgIpc) is 2.30. The second-order valence-electron chi connectivity index (χ2n) is 4.45. The number of hydrogen-bond acceptors (Lipinski definition) is 2. The molecule has 0 bridgehead atoms. The molecule has 0 aliphatic carbocycles. The van der Waals surface area contributed by atoms with Crippen molar-refractivity contribution >= 4 is 11.9 Å². The number of aliphatic carboxylic acids is 1. The van der Waals surface area contributed by atoms with Crippen molar-refractivity contribution in [3.8, 4) is 0 Å². The monoisotopic (exact) mass is 249 g/mol. The van der Waals surface area contributed by atoms with Gasteiger partial charge in [0.1, 0.15) is 6.04 Å². The van der Waals surface area contributed by atoms with Crippen LogP contribution in [-0.2, 0) is 16.0 Å². The van der Waals surface area contributed by atoms with Gasteiger partial charge in [0.05, 0.1) is 0 Å². The molecule has 1 rings (SSSR count). The van der Waals surface area contributed by atoms with Crippen LogP contribution in [0.4, 0.5) is 0 Å². The Bertz CT molecular complexity index is 454. The van der Waals surface area contributed by atoms with Gasteiger partial charge in [-0.25, -0.2) is 4.79 Å². The van der Waals surface area contributed by atoms with Crippen molar-refractivity contribution in [1.29, 1.82) is 0 Å². The molecule has 4 heteroatoms. The Hall–Kier alpha value is -1.84. The molecule has 0 heterocycles. The highest BCUT2D eigenvalue weighted by Gasteiger charge is 2.20. The standard InChI is InChI=1S/C14H19NO3/c1-4-13(16)15-12(14(17)18)8-11-6-5-9(2)7-10(11)3/h5-7,12H,4,8H2,1-3H3,(H,15,16)(H,17,18). The van der Waals surface area contributed by atoms with E-state index in [2.05, 4.69) is 5.32 Å². The molecule has 4 nitrogen and oxygen atoms in total. The molecule has 2 N–H and O–H groups in total. The van der Waals surface area contributed by atoms with E-state index < -0.39 is 12.0 Å². The molecule has 0 spiro atoms. The molecule has 1 unspecified atom stereocenters. The Balaban J connectivity index is 2.83. The number of carboxylic acid groups (broad SMARTS) is 1. The minimum Gasteiger partial charge on any atom is -0.480 e. The van der Waals surface area contributed by atoms with Crippen molar-refractivity contribution < 1.29 is 14.7 Å². The van der Waals surface area contributed by atoms with Crippen molar-refractivity contribution in [1.82, 2.24) is 5.32 Å². The fourth-order valence-electron chi connectivity index (χ4n) is 1.79. The number of aryl methyl sites for hydroxylation is 2. The highest BCUT2D eigenvalue weighted by molar-refractivity contribution is 5.83. The van der Waals surface area contributed by atoms with Crippen molar-refractivity contribution in [2.24, 2.45) is 0 Å². The number of benzene rings is 1. The fourth-order valence-corrected chi connectivity index (χ4v) is 1.79. The number of carbonyl (C=O) groups is 2. The summed E-state index contributed by atoms with van der Waals surface area (Å²) in [6.07, 6.45) is 0.601. The van der Waals surface area contributed by atoms with Gasteiger partial charge in [-0.1, -0.05) is 30.7 Å². The molecule has 0 aliphatic heterocycles. The smallest absolute Gasteiger partial charge is 0.326 e. The lowest BCUT2D eigenvalue weighted by Gasteiger charge is -2.15. The molecule has 98 valence electrons. The summed E-state index contributed by atoms with van der Waals surface area (Å²) in [4.78, 5) is 22.4. The topological polar surface area (TPSA) is 66.4 Å². The van der Waals surface area contributed by atoms with E-state index in [9.17, 15) is 9.59 Å². The number of rotatable bonds is 5. The van der Waals surface area contributed by atoms with Crippen LogP contribution in [0, 0.1) is 13.8 Å². The van der Waals surface area contributed by atoms with E-state index in [1.807, 2.05) is 32.0 Å². The maximum Gasteiger partial charge on any atom is 0.326 e. The molecule has 0 saturated carbocycles. The van der Waals surface area contributed by atoms with E-state index in [0.29, 0.717) is 6.42 Å². The minimum atomic E-state index is -1.00. The van der Waals surface area contributed by atoms with E-state index in [0.717, 1.165) is 16.7 Å². The summed E-state index contributed by atoms with van der Waals surface area (Å²) in [5.41, 5.74) is 3.14. The van der Waals surface area contributed by atoms with Crippen molar-refractivity contribution in [2.45, 2.75) is 39.7 Å². The second kappa shape index (κ2) is 6.19. The lowest BCUT2D eigenvalue weighted by Crippen LogP contribution is -2.42. The number of carboxylic acids is 1. The highest BCUT2D eigenvalue weighted by Crippen LogP contribution is 2.13. The summed E-state index contributed by atoms with van der Waals surface area (Å²) in [6.45, 7) is 5.64. The summed E-state index contributed by atoms with van der Waals surface area (Å²) in [5.74, 6) is -1.25. The van der Waals surface area contributed by atoms with Crippen LogP contribution >= 0.6 is 0 Å². The summed E-state index contributed by atoms with van der Waals surface area (Å²) >= 11 is 0. The summed E-state index contributed by atoms with van der Waals surface area (Å²) in [6, 6.07) is 5.01. The third kappa shape index (κ3) is 3.87. The van der Waals surface area contributed by atoms with E-state index >= 15 is 0 Å². The van der Waals surface area contributed by atoms with E-state index in [4.69, 9.17) is 5.11 Å². The Morgan fingerprint density at radius 1 is 1.33 bits per heavy atom. The van der Waals surface area contributed by atoms with Gasteiger partial charge in [-0.3, -0.25) is 4.79 Å². The first-order chi connectivity index (χ1) is 8.43. The zero-order chi connectivity index (χ0) is 13.7. The molecule has 1 amide bonds. The third-order valence-electron chi connectivity index (χ3n) is 2.88. The van der Waals surface area contributed by atoms with Crippen LogP contribution in [0.1, 0.15) is 30.0 Å². The van der Waals surface area contributed by atoms with Crippen LogP contribution in [-0.4, -0.2) is 23.0 Å². The van der Waals surface area contributed by atoms with Crippen LogP contribution in [0.5, 0.6) is 0 Å². The van der Waals surface area contributed by atoms with E-state index in [1.165, 1.54) is 0 Å². The third-order valence-corrected chi connectivity index (χ3v) is 2.88. The second-order valence-corrected chi connectivity index (χ2v) is 4.45. The van der Waals surface area contributed by atoms with Gasteiger partial charge in [-0.2, -0.15) is 0 Å². The molecule has 1 aromatic carbocycles. The predicted molar refractivity (Wildman–Crippen MR) is 69.5 cm³/mol. The SMILES string of the molecule is CCC(=O)NC(Cc1ccc(C)cc1C)C(=O)O. The van der Waals surface area contributed by atoms with Gasteiger partial charge in [0, 0.05) is 12.8 Å². The quantitative estimate of drug-likeness (QED) is 0.836. The van der Waals surface area contributed by atoms with Crippen LogP contribution in [0.2, 0.25) is 0 Å². The Kier molecular flexibility index (Phi) is 4.89. The van der Waals surface area contributed by atoms with Crippen molar-refractivity contribution in [2.75, 3.05) is 0 Å². The number of hydrogen-bond donors (Lipinski definition) is 2. The Labute approximate surface area is 107 Å². The minimum absolute atomic E-state index is 0.243. The number of carbonyl (C=O) groups excluding carboxylic acids is 1. The molecular weight excluding hydrogens is 230 g/mol. The normalized spacial score (nSPS) is 11.9. The Morgan fingerprint density at radius 2 is 2.00 bits per heavy atom. The molecule has 1 aromatic rings. The summed E-state index contributed by atoms with van der Waals surface area (Å²) in [7, 11) is 0. The maximum absolute atomic E-state index is 11.3. The molecule has 0 saturated heterocycles. The van der Waals surface area contributed by atoms with Gasteiger partial charge in [-0.15, -0.1) is 0 Å². The van der Waals surface area contributed by atoms with Crippen LogP contribution < -0.4 is 5.32 Å². The summed E-state index contributed by atoms with van der Waals surface area (Å²) < 4.78 is 0. The molecule has 0 aromatic heterocycles. The average molecular weight is 249 g/mol. The molecule has 1 atom stereocenters. The first-order valence-corrected chi connectivity index (χ1v) is 6.02. The zero-order valence-electron chi connectivity index (χ0n) is 11.0. The van der Waals surface area contributed by atoms with Crippen LogP contribution in [0.25, 0.3) is 0 Å². The zero-order valence-corrected chi connectivity index (χ0v) is 11.0. The van der Waals surface area contributed by atoms with Gasteiger partial charge in [0.15, 0.2) is 0 Å². The van der Waals surface area contributed by atoms with Gasteiger partial charge >= 0.3 is 5.97 Å². The van der Waals surface area contributed by atoms with Crippen molar-refractivity contribution in [3.05, 3.63) is 34.9 Å². The largest absolute Gasteiger partial charge is 0.480 e. The first-order valence-electron chi connectivity index (χ1n) is 6.02. The summed E-state index contributed by atoms with van der Waals surface area (Å²) in [5, 5.41) is 11.6. The van der Waals surface area contributed by atoms with E-state index in [1.54, 1.807) is 6.92 Å². The van der Waals surface area contributed by atoms with Crippen molar-refractivity contribution in [3.63, 3.8) is 0 Å². The van der Waals surface area contributed by atoms with Gasteiger partial charge in [-0.05, 0) is 25.0 Å². The maximum atomic E-state index is 11.3. The first kappa shape index (κ1) is 14.2. The van der Waals surface area contributed by atoms with Gasteiger partial charge in [0.25, 0.3) is 0 Å². The van der Waals surface area contributed by atoms with Gasteiger partial charge in [0.2, 0.25) is 5.91 Å². The number of amides is 1. The van der Waals surface area contributed by atoms with Crippen LogP contribution in [0.3, 0.4) is 0 Å². The fraction of sp³-hybridized carbons (Fsp3) is 0.429. The number of nitrogens with one attached hydrogen (secondary N) is 1. The molecule has 0 aliphatic rings. The van der Waals surface area contributed by atoms with Gasteiger partial charge < -0.3 is 10.4 Å². The molecule has 0 fully saturated rings. The molecule has 18 heavy (non-hydrogen) atoms. The lowest BCUT2D eigenvalue weighted by atomic mass is 9.99. The lowest BCUT2D eigenvalue weighted by molar-refractivity contribution is -0.141. The molecular formula is C14H19NO3. The molecule has 0 radical (unpaired) electrons. The van der Waals surface area contributed by atoms with Crippen LogP contribution in [0.15, 0.2) is 18.2 Å². The van der Waals surface area contributed by atoms with E-state index in [-0.39, 0.29) is 12.3 Å². The highest BCUT2D eigenvalue weighted by atomic mass is 16.4. The predicted octanol–water partition coefficient (Wildman–Crippen LogP) is 1.83.